The highest BCUT2D eigenvalue weighted by Crippen LogP contribution is 2.18. The van der Waals surface area contributed by atoms with Crippen molar-refractivity contribution in [1.82, 2.24) is 10.2 Å². The molecule has 0 radical (unpaired) electrons. The van der Waals surface area contributed by atoms with Crippen LogP contribution in [0, 0.1) is 5.92 Å². The summed E-state index contributed by atoms with van der Waals surface area (Å²) in [6, 6.07) is 6.26. The van der Waals surface area contributed by atoms with Crippen LogP contribution < -0.4 is 5.32 Å². The van der Waals surface area contributed by atoms with Crippen LogP contribution >= 0.6 is 0 Å². The highest BCUT2D eigenvalue weighted by molar-refractivity contribution is 7.91. The number of rotatable bonds is 3. The maximum absolute atomic E-state index is 12.5. The van der Waals surface area contributed by atoms with Gasteiger partial charge in [0.2, 0.25) is 0 Å². The lowest BCUT2D eigenvalue weighted by Crippen LogP contribution is -2.38. The molecule has 136 valence electrons. The minimum Gasteiger partial charge on any atom is -0.348 e. The maximum Gasteiger partial charge on any atom is 0.253 e. The Labute approximate surface area is 148 Å². The fraction of sp³-hybridized carbons (Fsp3) is 0.556. The lowest BCUT2D eigenvalue weighted by atomic mass is 9.98. The minimum atomic E-state index is -3.02. The third kappa shape index (κ3) is 4.39. The van der Waals surface area contributed by atoms with Crippen molar-refractivity contribution < 1.29 is 18.0 Å². The first-order chi connectivity index (χ1) is 11.8. The molecule has 2 aliphatic heterocycles. The Bertz CT molecular complexity index is 750. The topological polar surface area (TPSA) is 83.6 Å². The zero-order valence-corrected chi connectivity index (χ0v) is 15.2. The number of sulfone groups is 1. The van der Waals surface area contributed by atoms with Gasteiger partial charge in [-0.1, -0.05) is 6.92 Å². The molecule has 0 spiro atoms. The Morgan fingerprint density at radius 2 is 1.64 bits per heavy atom. The first-order valence-electron chi connectivity index (χ1n) is 8.75. The van der Waals surface area contributed by atoms with Crippen molar-refractivity contribution in [2.45, 2.75) is 32.2 Å². The summed E-state index contributed by atoms with van der Waals surface area (Å²) < 4.78 is 22.9. The molecule has 0 bridgehead atoms. The molecule has 2 fully saturated rings. The van der Waals surface area contributed by atoms with Crippen molar-refractivity contribution in [2.75, 3.05) is 24.6 Å². The van der Waals surface area contributed by atoms with Crippen LogP contribution in [0.2, 0.25) is 0 Å². The summed E-state index contributed by atoms with van der Waals surface area (Å²) in [4.78, 5) is 26.6. The van der Waals surface area contributed by atoms with E-state index in [2.05, 4.69) is 12.2 Å². The van der Waals surface area contributed by atoms with Gasteiger partial charge >= 0.3 is 0 Å². The van der Waals surface area contributed by atoms with Gasteiger partial charge in [-0.25, -0.2) is 8.42 Å². The van der Waals surface area contributed by atoms with E-state index in [0.29, 0.717) is 23.5 Å². The van der Waals surface area contributed by atoms with Crippen LogP contribution in [0.15, 0.2) is 24.3 Å². The summed E-state index contributed by atoms with van der Waals surface area (Å²) in [5.74, 6) is 0.492. The SMILES string of the molecule is CC1CCN(C(=O)c2ccc(C(=O)NC3CCS(=O)(=O)C3)cc2)CC1. The molecule has 0 aliphatic carbocycles. The third-order valence-electron chi connectivity index (χ3n) is 5.03. The molecule has 7 heteroatoms. The van der Waals surface area contributed by atoms with Crippen LogP contribution in [0.1, 0.15) is 46.9 Å². The van der Waals surface area contributed by atoms with Crippen molar-refractivity contribution in [1.29, 1.82) is 0 Å². The van der Waals surface area contributed by atoms with E-state index in [1.807, 2.05) is 4.90 Å². The Morgan fingerprint density at radius 1 is 1.04 bits per heavy atom. The molecule has 2 aliphatic rings. The molecule has 0 aromatic heterocycles. The van der Waals surface area contributed by atoms with Crippen LogP contribution in [0.5, 0.6) is 0 Å². The third-order valence-corrected chi connectivity index (χ3v) is 6.80. The molecule has 3 rings (SSSR count). The number of amides is 2. The number of likely N-dealkylation sites (tertiary alicyclic amines) is 1. The smallest absolute Gasteiger partial charge is 0.253 e. The van der Waals surface area contributed by atoms with Gasteiger partial charge in [-0.15, -0.1) is 0 Å². The summed E-state index contributed by atoms with van der Waals surface area (Å²) in [6.07, 6.45) is 2.51. The molecule has 1 aromatic carbocycles. The molecule has 1 aromatic rings. The lowest BCUT2D eigenvalue weighted by molar-refractivity contribution is 0.0696. The Morgan fingerprint density at radius 3 is 2.20 bits per heavy atom. The van der Waals surface area contributed by atoms with Gasteiger partial charge in [-0.05, 0) is 49.4 Å². The first kappa shape index (κ1) is 17.9. The predicted molar refractivity (Wildman–Crippen MR) is 95.3 cm³/mol. The van der Waals surface area contributed by atoms with Crippen molar-refractivity contribution in [3.63, 3.8) is 0 Å². The van der Waals surface area contributed by atoms with E-state index >= 15 is 0 Å². The van der Waals surface area contributed by atoms with Crippen LogP contribution in [-0.2, 0) is 9.84 Å². The second-order valence-corrected chi connectivity index (χ2v) is 9.35. The normalized spacial score (nSPS) is 23.4. The molecule has 6 nitrogen and oxygen atoms in total. The summed E-state index contributed by atoms with van der Waals surface area (Å²) in [7, 11) is -3.02. The van der Waals surface area contributed by atoms with Crippen molar-refractivity contribution >= 4 is 21.7 Å². The number of carbonyl (C=O) groups excluding carboxylic acids is 2. The van der Waals surface area contributed by atoms with E-state index in [4.69, 9.17) is 0 Å². The van der Waals surface area contributed by atoms with Gasteiger partial charge in [-0.2, -0.15) is 0 Å². The zero-order chi connectivity index (χ0) is 18.0. The summed E-state index contributed by atoms with van der Waals surface area (Å²) in [6.45, 7) is 3.75. The number of nitrogens with zero attached hydrogens (tertiary/aromatic N) is 1. The molecular formula is C18H24N2O4S. The zero-order valence-electron chi connectivity index (χ0n) is 14.4. The van der Waals surface area contributed by atoms with Crippen LogP contribution in [0.4, 0.5) is 0 Å². The molecule has 1 unspecified atom stereocenters. The van der Waals surface area contributed by atoms with Gasteiger partial charge in [0.25, 0.3) is 11.8 Å². The number of benzene rings is 1. The number of nitrogens with one attached hydrogen (secondary N) is 1. The van der Waals surface area contributed by atoms with Gasteiger partial charge in [0.15, 0.2) is 9.84 Å². The van der Waals surface area contributed by atoms with E-state index in [9.17, 15) is 18.0 Å². The fourth-order valence-electron chi connectivity index (χ4n) is 3.34. The van der Waals surface area contributed by atoms with Gasteiger partial charge in [-0.3, -0.25) is 9.59 Å². The van der Waals surface area contributed by atoms with Gasteiger partial charge in [0.05, 0.1) is 11.5 Å². The average molecular weight is 364 g/mol. The largest absolute Gasteiger partial charge is 0.348 e. The quantitative estimate of drug-likeness (QED) is 0.880. The highest BCUT2D eigenvalue weighted by Gasteiger charge is 2.29. The maximum atomic E-state index is 12.5. The van der Waals surface area contributed by atoms with Crippen LogP contribution in [0.3, 0.4) is 0 Å². The van der Waals surface area contributed by atoms with E-state index < -0.39 is 9.84 Å². The Kier molecular flexibility index (Phi) is 5.13. The number of carbonyl (C=O) groups is 2. The number of piperidine rings is 1. The van der Waals surface area contributed by atoms with Crippen molar-refractivity contribution in [2.24, 2.45) is 5.92 Å². The second-order valence-electron chi connectivity index (χ2n) is 7.13. The van der Waals surface area contributed by atoms with Crippen molar-refractivity contribution in [3.05, 3.63) is 35.4 Å². The summed E-state index contributed by atoms with van der Waals surface area (Å²) in [5.41, 5.74) is 1.02. The van der Waals surface area contributed by atoms with E-state index in [-0.39, 0.29) is 29.4 Å². The molecule has 25 heavy (non-hydrogen) atoms. The highest BCUT2D eigenvalue weighted by atomic mass is 32.2. The Hall–Kier alpha value is -1.89. The molecule has 2 amide bonds. The molecule has 1 N–H and O–H groups in total. The predicted octanol–water partition coefficient (Wildman–Crippen LogP) is 1.48. The van der Waals surface area contributed by atoms with Gasteiger partial charge < -0.3 is 10.2 Å². The minimum absolute atomic E-state index is 0.000689. The molecule has 2 saturated heterocycles. The van der Waals surface area contributed by atoms with E-state index in [1.54, 1.807) is 24.3 Å². The second kappa shape index (κ2) is 7.15. The monoisotopic (exact) mass is 364 g/mol. The number of hydrogen-bond acceptors (Lipinski definition) is 4. The Balaban J connectivity index is 1.60. The first-order valence-corrected chi connectivity index (χ1v) is 10.6. The summed E-state index contributed by atoms with van der Waals surface area (Å²) in [5, 5.41) is 2.75. The fourth-order valence-corrected chi connectivity index (χ4v) is 5.01. The van der Waals surface area contributed by atoms with Crippen LogP contribution in [0.25, 0.3) is 0 Å². The average Bonchev–Trinajstić information content (AvgIpc) is 2.93. The van der Waals surface area contributed by atoms with Crippen molar-refractivity contribution in [3.8, 4) is 0 Å². The lowest BCUT2D eigenvalue weighted by Gasteiger charge is -2.30. The van der Waals surface area contributed by atoms with Crippen LogP contribution in [-0.4, -0.2) is 55.8 Å². The van der Waals surface area contributed by atoms with Gasteiger partial charge in [0.1, 0.15) is 0 Å². The molecular weight excluding hydrogens is 340 g/mol. The van der Waals surface area contributed by atoms with E-state index in [0.717, 1.165) is 25.9 Å². The molecule has 2 heterocycles. The number of hydrogen-bond donors (Lipinski definition) is 1. The molecule has 1 atom stereocenters. The van der Waals surface area contributed by atoms with Gasteiger partial charge in [0, 0.05) is 30.3 Å². The summed E-state index contributed by atoms with van der Waals surface area (Å²) >= 11 is 0. The van der Waals surface area contributed by atoms with E-state index in [1.165, 1.54) is 0 Å². The molecule has 0 saturated carbocycles. The standard InChI is InChI=1S/C18H24N2O4S/c1-13-6-9-20(10-7-13)18(22)15-4-2-14(3-5-15)17(21)19-16-8-11-25(23,24)12-16/h2-5,13,16H,6-12H2,1H3,(H,19,21).